The van der Waals surface area contributed by atoms with Crippen LogP contribution in [-0.2, 0) is 31.1 Å². The van der Waals surface area contributed by atoms with Crippen LogP contribution in [-0.4, -0.2) is 52.6 Å². The standard InChI is InChI=1S/C61H97N3O8/c1-8-11-14-16-18-20-22-24-25-27-29-31-33-35-37-44-57(67)72-54(42-36-34-32-30-28-26-23-21-19-17-15-12-9-2)52(47-65)62-60(68)59(63-56(66)43-13-10-3)61(6,7)58-50(5)45-49(4)46-55(58)71-48-51-40-38-39-41-53(51)64(69)70/h3,36,38-42,45-46,52,54,59,65H,8-9,11-35,37,43-44,47-48H2,1-2,4-7H3,(H,62,68)(H,63,66)/b42-36+/t52-,54+,59?/m0/s1. The molecule has 2 aromatic carbocycles. The van der Waals surface area contributed by atoms with Crippen LogP contribution in [0.3, 0.4) is 0 Å². The van der Waals surface area contributed by atoms with Crippen LogP contribution in [0.2, 0.25) is 0 Å². The number of amides is 2. The molecule has 0 fully saturated rings. The van der Waals surface area contributed by atoms with Gasteiger partial charge >= 0.3 is 5.97 Å². The molecule has 0 radical (unpaired) electrons. The second-order valence-corrected chi connectivity index (χ2v) is 20.8. The number of terminal acetylenes is 1. The molecule has 2 amide bonds. The molecule has 0 aliphatic carbocycles. The third-order valence-electron chi connectivity index (χ3n) is 13.9. The Labute approximate surface area is 436 Å². The number of para-hydroxylation sites is 1. The van der Waals surface area contributed by atoms with E-state index < -0.39 is 52.9 Å². The van der Waals surface area contributed by atoms with Crippen molar-refractivity contribution >= 4 is 23.5 Å². The minimum Gasteiger partial charge on any atom is -0.488 e. The Morgan fingerprint density at radius 3 is 1.78 bits per heavy atom. The van der Waals surface area contributed by atoms with Crippen molar-refractivity contribution in [3.8, 4) is 18.1 Å². The summed E-state index contributed by atoms with van der Waals surface area (Å²) in [6.07, 6.45) is 41.4. The van der Waals surface area contributed by atoms with Gasteiger partial charge in [0, 0.05) is 36.3 Å². The molecule has 0 bridgehead atoms. The van der Waals surface area contributed by atoms with Crippen LogP contribution in [0, 0.1) is 36.3 Å². The molecule has 0 aliphatic heterocycles. The maximum absolute atomic E-state index is 14.8. The number of nitro benzene ring substituents is 1. The van der Waals surface area contributed by atoms with Gasteiger partial charge in [0.15, 0.2) is 0 Å². The summed E-state index contributed by atoms with van der Waals surface area (Å²) in [4.78, 5) is 53.2. The quantitative estimate of drug-likeness (QED) is 0.0148. The van der Waals surface area contributed by atoms with Gasteiger partial charge in [-0.2, -0.15) is 0 Å². The van der Waals surface area contributed by atoms with Gasteiger partial charge in [0.2, 0.25) is 11.8 Å². The van der Waals surface area contributed by atoms with Gasteiger partial charge in [0.1, 0.15) is 24.5 Å². The zero-order valence-corrected chi connectivity index (χ0v) is 45.8. The topological polar surface area (TPSA) is 157 Å². The number of aliphatic hydroxyl groups is 1. The summed E-state index contributed by atoms with van der Waals surface area (Å²) >= 11 is 0. The molecule has 11 nitrogen and oxygen atoms in total. The Bertz CT molecular complexity index is 1900. The second-order valence-electron chi connectivity index (χ2n) is 20.8. The molecule has 0 saturated carbocycles. The number of carbonyl (C=O) groups excluding carboxylic acids is 3. The van der Waals surface area contributed by atoms with E-state index in [1.165, 1.54) is 134 Å². The highest BCUT2D eigenvalue weighted by molar-refractivity contribution is 5.90. The van der Waals surface area contributed by atoms with Crippen molar-refractivity contribution in [1.82, 2.24) is 10.6 Å². The van der Waals surface area contributed by atoms with Crippen LogP contribution in [0.25, 0.3) is 0 Å². The molecule has 0 saturated heterocycles. The number of esters is 1. The fourth-order valence-corrected chi connectivity index (χ4v) is 9.73. The Morgan fingerprint density at radius 2 is 1.26 bits per heavy atom. The largest absolute Gasteiger partial charge is 0.488 e. The van der Waals surface area contributed by atoms with Gasteiger partial charge in [-0.15, -0.1) is 12.3 Å². The van der Waals surface area contributed by atoms with Crippen molar-refractivity contribution < 1.29 is 33.9 Å². The fourth-order valence-electron chi connectivity index (χ4n) is 9.73. The van der Waals surface area contributed by atoms with Crippen LogP contribution < -0.4 is 15.4 Å². The Balaban J connectivity index is 2.23. The molecule has 404 valence electrons. The number of nitrogens with one attached hydrogen (secondary N) is 2. The average Bonchev–Trinajstić information content (AvgIpc) is 3.35. The predicted molar refractivity (Wildman–Crippen MR) is 295 cm³/mol. The van der Waals surface area contributed by atoms with Gasteiger partial charge in [0.05, 0.1) is 23.1 Å². The third-order valence-corrected chi connectivity index (χ3v) is 13.9. The molecule has 11 heteroatoms. The molecule has 3 atom stereocenters. The summed E-state index contributed by atoms with van der Waals surface area (Å²) in [5, 5.41) is 28.7. The summed E-state index contributed by atoms with van der Waals surface area (Å²) in [5.74, 6) is 1.47. The number of aliphatic hydroxyl groups excluding tert-OH is 1. The maximum atomic E-state index is 14.8. The lowest BCUT2D eigenvalue weighted by atomic mass is 9.74. The van der Waals surface area contributed by atoms with Crippen LogP contribution in [0.1, 0.15) is 243 Å². The first kappa shape index (κ1) is 63.4. The molecular formula is C61H97N3O8. The highest BCUT2D eigenvalue weighted by Gasteiger charge is 2.42. The number of nitro groups is 1. The van der Waals surface area contributed by atoms with Crippen LogP contribution in [0.15, 0.2) is 48.6 Å². The lowest BCUT2D eigenvalue weighted by Gasteiger charge is -2.38. The Hall–Kier alpha value is -4.69. The molecular weight excluding hydrogens is 903 g/mol. The smallest absolute Gasteiger partial charge is 0.306 e. The Kier molecular flexibility index (Phi) is 34.2. The lowest BCUT2D eigenvalue weighted by Crippen LogP contribution is -2.60. The van der Waals surface area contributed by atoms with Gasteiger partial charge < -0.3 is 25.2 Å². The van der Waals surface area contributed by atoms with Crippen LogP contribution in [0.5, 0.6) is 5.75 Å². The zero-order chi connectivity index (χ0) is 52.8. The summed E-state index contributed by atoms with van der Waals surface area (Å²) in [7, 11) is 0. The lowest BCUT2D eigenvalue weighted by molar-refractivity contribution is -0.385. The SMILES string of the molecule is C#CCCC(=O)NC(C(=O)N[C@@H](CO)[C@@H](/C=C/CCCCCCCCCCCCC)OC(=O)CCCCCCCCCCCCCCCCC)C(C)(C)c1c(C)cc(C)cc1OCc1ccccc1[N+](=O)[O-]. The summed E-state index contributed by atoms with van der Waals surface area (Å²) in [5.41, 5.74) is 1.42. The molecule has 0 spiro atoms. The van der Waals surface area contributed by atoms with E-state index in [2.05, 4.69) is 30.4 Å². The first-order chi connectivity index (χ1) is 34.8. The van der Waals surface area contributed by atoms with E-state index in [-0.39, 0.29) is 31.6 Å². The first-order valence-electron chi connectivity index (χ1n) is 28.3. The molecule has 0 aliphatic rings. The number of allylic oxidation sites excluding steroid dienone is 1. The van der Waals surface area contributed by atoms with Gasteiger partial charge in [-0.05, 0) is 62.4 Å². The number of nitrogens with zero attached hydrogens (tertiary/aromatic N) is 1. The van der Waals surface area contributed by atoms with Gasteiger partial charge in [-0.25, -0.2) is 0 Å². The third kappa shape index (κ3) is 26.3. The number of carbonyl (C=O) groups is 3. The predicted octanol–water partition coefficient (Wildman–Crippen LogP) is 14.9. The van der Waals surface area contributed by atoms with E-state index in [9.17, 15) is 29.6 Å². The van der Waals surface area contributed by atoms with Gasteiger partial charge in [-0.3, -0.25) is 24.5 Å². The van der Waals surface area contributed by atoms with Crippen molar-refractivity contribution in [1.29, 1.82) is 0 Å². The molecule has 3 N–H and O–H groups in total. The highest BCUT2D eigenvalue weighted by Crippen LogP contribution is 2.39. The summed E-state index contributed by atoms with van der Waals surface area (Å²) in [6, 6.07) is 7.90. The molecule has 2 rings (SSSR count). The molecule has 0 heterocycles. The molecule has 72 heavy (non-hydrogen) atoms. The van der Waals surface area contributed by atoms with Gasteiger partial charge in [0.25, 0.3) is 5.69 Å². The second kappa shape index (κ2) is 38.9. The van der Waals surface area contributed by atoms with Crippen LogP contribution in [0.4, 0.5) is 5.69 Å². The van der Waals surface area contributed by atoms with Crippen molar-refractivity contribution in [3.63, 3.8) is 0 Å². The normalized spacial score (nSPS) is 12.8. The number of benzene rings is 2. The highest BCUT2D eigenvalue weighted by atomic mass is 16.6. The minimum absolute atomic E-state index is 0.0188. The summed E-state index contributed by atoms with van der Waals surface area (Å²) < 4.78 is 12.5. The van der Waals surface area contributed by atoms with E-state index in [0.29, 0.717) is 23.3 Å². The summed E-state index contributed by atoms with van der Waals surface area (Å²) in [6.45, 7) is 11.3. The molecule has 0 aromatic heterocycles. The minimum atomic E-state index is -1.22. The molecule has 1 unspecified atom stereocenters. The van der Waals surface area contributed by atoms with Crippen molar-refractivity contribution in [2.24, 2.45) is 0 Å². The number of aryl methyl sites for hydroxylation is 2. The zero-order valence-electron chi connectivity index (χ0n) is 45.8. The fraction of sp³-hybridized carbons (Fsp3) is 0.689. The average molecular weight is 1000 g/mol. The van der Waals surface area contributed by atoms with E-state index >= 15 is 0 Å². The van der Waals surface area contributed by atoms with Crippen molar-refractivity contribution in [2.75, 3.05) is 6.61 Å². The maximum Gasteiger partial charge on any atom is 0.306 e. The number of ether oxygens (including phenoxy) is 2. The van der Waals surface area contributed by atoms with E-state index in [0.717, 1.165) is 49.7 Å². The monoisotopic (exact) mass is 1000 g/mol. The molecule has 2 aromatic rings. The number of rotatable bonds is 43. The first-order valence-corrected chi connectivity index (χ1v) is 28.3. The number of hydrogen-bond acceptors (Lipinski definition) is 8. The Morgan fingerprint density at radius 1 is 0.750 bits per heavy atom. The van der Waals surface area contributed by atoms with E-state index in [4.69, 9.17) is 15.9 Å². The van der Waals surface area contributed by atoms with Crippen molar-refractivity contribution in [3.05, 3.63) is 80.9 Å². The van der Waals surface area contributed by atoms with Crippen molar-refractivity contribution in [2.45, 2.75) is 264 Å². The number of hydrogen-bond donors (Lipinski definition) is 3. The van der Waals surface area contributed by atoms with Gasteiger partial charge in [-0.1, -0.05) is 206 Å². The van der Waals surface area contributed by atoms with E-state index in [1.807, 2.05) is 45.9 Å². The van der Waals surface area contributed by atoms with E-state index in [1.54, 1.807) is 24.3 Å². The van der Waals surface area contributed by atoms with Crippen LogP contribution >= 0.6 is 0 Å². The number of unbranched alkanes of at least 4 members (excludes halogenated alkanes) is 25.